The Labute approximate surface area is 161 Å². The van der Waals surface area contributed by atoms with Gasteiger partial charge in [0.1, 0.15) is 5.69 Å². The van der Waals surface area contributed by atoms with Crippen LogP contribution in [0.1, 0.15) is 5.56 Å². The average Bonchev–Trinajstić information content (AvgIpc) is 3.36. The number of carbonyl (C=O) groups excluding carboxylic acids is 2. The maximum Gasteiger partial charge on any atom is 0.246 e. The standard InChI is InChI=1S/C20H20N4O2S/c1-21-18(25)14-23(2)19(26)11-10-15-13-24(16-7-4-3-5-8-16)22-20(15)17-9-6-12-27-17/h3-13H,14H2,1-2H3,(H,21,25)/b11-10+. The van der Waals surface area contributed by atoms with Gasteiger partial charge in [-0.05, 0) is 29.7 Å². The van der Waals surface area contributed by atoms with E-state index >= 15 is 0 Å². The molecule has 1 aromatic carbocycles. The lowest BCUT2D eigenvalue weighted by atomic mass is 10.2. The fourth-order valence-corrected chi connectivity index (χ4v) is 3.22. The van der Waals surface area contributed by atoms with E-state index < -0.39 is 0 Å². The zero-order valence-electron chi connectivity index (χ0n) is 15.1. The van der Waals surface area contributed by atoms with Crippen LogP contribution in [0, 0.1) is 0 Å². The smallest absolute Gasteiger partial charge is 0.246 e. The number of nitrogens with one attached hydrogen (secondary N) is 1. The summed E-state index contributed by atoms with van der Waals surface area (Å²) in [5.74, 6) is -0.460. The summed E-state index contributed by atoms with van der Waals surface area (Å²) in [4.78, 5) is 26.1. The number of hydrogen-bond acceptors (Lipinski definition) is 4. The quantitative estimate of drug-likeness (QED) is 0.669. The van der Waals surface area contributed by atoms with Crippen molar-refractivity contribution in [3.8, 4) is 16.3 Å². The Morgan fingerprint density at radius 2 is 2.00 bits per heavy atom. The van der Waals surface area contributed by atoms with Crippen LogP contribution >= 0.6 is 11.3 Å². The number of amides is 2. The molecule has 0 aliphatic rings. The van der Waals surface area contributed by atoms with E-state index in [1.807, 2.05) is 54.0 Å². The first-order chi connectivity index (χ1) is 13.1. The van der Waals surface area contributed by atoms with Crippen LogP contribution in [0.4, 0.5) is 0 Å². The molecular weight excluding hydrogens is 360 g/mol. The van der Waals surface area contributed by atoms with Gasteiger partial charge in [0.25, 0.3) is 0 Å². The highest BCUT2D eigenvalue weighted by Crippen LogP contribution is 2.28. The molecule has 0 aliphatic carbocycles. The molecule has 2 heterocycles. The Morgan fingerprint density at radius 1 is 1.22 bits per heavy atom. The van der Waals surface area contributed by atoms with Crippen LogP contribution in [0.5, 0.6) is 0 Å². The first-order valence-electron chi connectivity index (χ1n) is 8.41. The summed E-state index contributed by atoms with van der Waals surface area (Å²) in [6, 6.07) is 13.8. The van der Waals surface area contributed by atoms with Crippen molar-refractivity contribution >= 4 is 29.2 Å². The Morgan fingerprint density at radius 3 is 2.67 bits per heavy atom. The van der Waals surface area contributed by atoms with E-state index in [-0.39, 0.29) is 18.4 Å². The molecule has 0 saturated carbocycles. The van der Waals surface area contributed by atoms with Gasteiger partial charge >= 0.3 is 0 Å². The molecule has 7 heteroatoms. The summed E-state index contributed by atoms with van der Waals surface area (Å²) < 4.78 is 1.80. The van der Waals surface area contributed by atoms with Crippen molar-refractivity contribution in [3.63, 3.8) is 0 Å². The van der Waals surface area contributed by atoms with Crippen LogP contribution in [0.2, 0.25) is 0 Å². The SMILES string of the molecule is CNC(=O)CN(C)C(=O)/C=C/c1cn(-c2ccccc2)nc1-c1cccs1. The van der Waals surface area contributed by atoms with Crippen molar-refractivity contribution in [2.24, 2.45) is 0 Å². The molecule has 27 heavy (non-hydrogen) atoms. The molecule has 0 atom stereocenters. The molecule has 138 valence electrons. The molecular formula is C20H20N4O2S. The van der Waals surface area contributed by atoms with Gasteiger partial charge in [0.05, 0.1) is 17.1 Å². The maximum atomic E-state index is 12.3. The summed E-state index contributed by atoms with van der Waals surface area (Å²) in [5.41, 5.74) is 2.59. The molecule has 6 nitrogen and oxygen atoms in total. The lowest BCUT2D eigenvalue weighted by Crippen LogP contribution is -2.35. The van der Waals surface area contributed by atoms with Crippen molar-refractivity contribution in [3.05, 3.63) is 65.7 Å². The third-order valence-corrected chi connectivity index (χ3v) is 4.84. The van der Waals surface area contributed by atoms with Gasteiger partial charge in [0, 0.05) is 31.9 Å². The molecule has 0 bridgehead atoms. The second-order valence-corrected chi connectivity index (χ2v) is 6.84. The molecule has 3 aromatic rings. The highest BCUT2D eigenvalue weighted by Gasteiger charge is 2.13. The van der Waals surface area contributed by atoms with E-state index in [0.717, 1.165) is 21.8 Å². The predicted octanol–water partition coefficient (Wildman–Crippen LogP) is 2.82. The summed E-state index contributed by atoms with van der Waals surface area (Å²) in [6.45, 7) is 0.0146. The van der Waals surface area contributed by atoms with E-state index in [1.165, 1.54) is 11.0 Å². The van der Waals surface area contributed by atoms with Gasteiger partial charge in [-0.15, -0.1) is 11.3 Å². The van der Waals surface area contributed by atoms with Crippen LogP contribution in [0.3, 0.4) is 0 Å². The lowest BCUT2D eigenvalue weighted by molar-refractivity contribution is -0.130. The van der Waals surface area contributed by atoms with Gasteiger partial charge in [-0.2, -0.15) is 5.10 Å². The van der Waals surface area contributed by atoms with Gasteiger partial charge in [0.2, 0.25) is 11.8 Å². The van der Waals surface area contributed by atoms with Crippen LogP contribution in [0.25, 0.3) is 22.3 Å². The monoisotopic (exact) mass is 380 g/mol. The van der Waals surface area contributed by atoms with Crippen LogP contribution in [-0.2, 0) is 9.59 Å². The van der Waals surface area contributed by atoms with E-state index in [9.17, 15) is 9.59 Å². The zero-order valence-corrected chi connectivity index (χ0v) is 15.9. The Balaban J connectivity index is 1.89. The van der Waals surface area contributed by atoms with Gasteiger partial charge < -0.3 is 10.2 Å². The minimum Gasteiger partial charge on any atom is -0.358 e. The van der Waals surface area contributed by atoms with E-state index in [2.05, 4.69) is 5.32 Å². The van der Waals surface area contributed by atoms with Crippen molar-refractivity contribution in [1.29, 1.82) is 0 Å². The Hall–Kier alpha value is -3.19. The second kappa shape index (κ2) is 8.46. The topological polar surface area (TPSA) is 67.2 Å². The van der Waals surface area contributed by atoms with Crippen molar-refractivity contribution < 1.29 is 9.59 Å². The lowest BCUT2D eigenvalue weighted by Gasteiger charge is -2.13. The number of rotatable bonds is 6. The van der Waals surface area contributed by atoms with E-state index in [0.29, 0.717) is 0 Å². The fraction of sp³-hybridized carbons (Fsp3) is 0.150. The molecule has 1 N–H and O–H groups in total. The van der Waals surface area contributed by atoms with Crippen LogP contribution < -0.4 is 5.32 Å². The average molecular weight is 380 g/mol. The highest BCUT2D eigenvalue weighted by atomic mass is 32.1. The molecule has 0 spiro atoms. The summed E-state index contributed by atoms with van der Waals surface area (Å²) >= 11 is 1.59. The minimum atomic E-state index is -0.247. The Bertz CT molecular complexity index is 946. The highest BCUT2D eigenvalue weighted by molar-refractivity contribution is 7.13. The van der Waals surface area contributed by atoms with Crippen LogP contribution in [0.15, 0.2) is 60.1 Å². The predicted molar refractivity (Wildman–Crippen MR) is 108 cm³/mol. The number of thiophene rings is 1. The molecule has 3 rings (SSSR count). The number of aromatic nitrogens is 2. The Kier molecular flexibility index (Phi) is 5.83. The number of carbonyl (C=O) groups is 2. The van der Waals surface area contributed by atoms with Crippen LogP contribution in [-0.4, -0.2) is 47.1 Å². The van der Waals surface area contributed by atoms with Gasteiger partial charge in [-0.1, -0.05) is 24.3 Å². The van der Waals surface area contributed by atoms with E-state index in [4.69, 9.17) is 5.10 Å². The molecule has 0 unspecified atom stereocenters. The molecule has 0 radical (unpaired) electrons. The van der Waals surface area contributed by atoms with Crippen molar-refractivity contribution in [2.75, 3.05) is 20.6 Å². The fourth-order valence-electron chi connectivity index (χ4n) is 2.49. The third-order valence-electron chi connectivity index (χ3n) is 3.96. The number of para-hydroxylation sites is 1. The van der Waals surface area contributed by atoms with Gasteiger partial charge in [-0.3, -0.25) is 9.59 Å². The largest absolute Gasteiger partial charge is 0.358 e. The number of hydrogen-bond donors (Lipinski definition) is 1. The molecule has 2 amide bonds. The molecule has 2 aromatic heterocycles. The normalized spacial score (nSPS) is 10.9. The zero-order chi connectivity index (χ0) is 19.2. The van der Waals surface area contributed by atoms with Crippen molar-refractivity contribution in [2.45, 2.75) is 0 Å². The number of likely N-dealkylation sites (N-methyl/N-ethyl adjacent to an activating group) is 2. The first kappa shape index (κ1) is 18.6. The first-order valence-corrected chi connectivity index (χ1v) is 9.29. The number of nitrogens with zero attached hydrogens (tertiary/aromatic N) is 3. The van der Waals surface area contributed by atoms with Gasteiger partial charge in [0.15, 0.2) is 0 Å². The summed E-state index contributed by atoms with van der Waals surface area (Å²) in [6.07, 6.45) is 5.10. The van der Waals surface area contributed by atoms with Gasteiger partial charge in [-0.25, -0.2) is 4.68 Å². The minimum absolute atomic E-state index is 0.0146. The molecule has 0 aliphatic heterocycles. The maximum absolute atomic E-state index is 12.3. The van der Waals surface area contributed by atoms with E-state index in [1.54, 1.807) is 36.2 Å². The van der Waals surface area contributed by atoms with Crippen molar-refractivity contribution in [1.82, 2.24) is 20.0 Å². The summed E-state index contributed by atoms with van der Waals surface area (Å²) in [7, 11) is 3.14. The molecule has 0 saturated heterocycles. The third kappa shape index (κ3) is 4.51. The number of benzene rings is 1. The summed E-state index contributed by atoms with van der Waals surface area (Å²) in [5, 5.41) is 9.19. The second-order valence-electron chi connectivity index (χ2n) is 5.89. The molecule has 0 fully saturated rings.